The van der Waals surface area contributed by atoms with E-state index in [4.69, 9.17) is 5.21 Å². The maximum atomic E-state index is 12.2. The Labute approximate surface area is 144 Å². The van der Waals surface area contributed by atoms with Crippen LogP contribution in [0.4, 0.5) is 0 Å². The van der Waals surface area contributed by atoms with Crippen LogP contribution in [-0.2, 0) is 16.0 Å². The smallest absolute Gasteiger partial charge is 0.255 e. The van der Waals surface area contributed by atoms with Crippen molar-refractivity contribution in [2.45, 2.75) is 58.3 Å². The quantitative estimate of drug-likeness (QED) is 0.238. The van der Waals surface area contributed by atoms with Crippen LogP contribution >= 0.6 is 0 Å². The third-order valence-electron chi connectivity index (χ3n) is 4.14. The van der Waals surface area contributed by atoms with Gasteiger partial charge in [-0.1, -0.05) is 69.4 Å². The highest BCUT2D eigenvalue weighted by molar-refractivity contribution is 5.99. The molecule has 1 atom stereocenters. The summed E-state index contributed by atoms with van der Waals surface area (Å²) in [7, 11) is 0. The highest BCUT2D eigenvalue weighted by Gasteiger charge is 2.25. The lowest BCUT2D eigenvalue weighted by Gasteiger charge is -2.15. The zero-order chi connectivity index (χ0) is 17.6. The normalized spacial score (nSPS) is 11.8. The summed E-state index contributed by atoms with van der Waals surface area (Å²) >= 11 is 0. The van der Waals surface area contributed by atoms with Crippen molar-refractivity contribution in [1.82, 2.24) is 10.8 Å². The first kappa shape index (κ1) is 20.2. The van der Waals surface area contributed by atoms with Crippen molar-refractivity contribution in [3.05, 3.63) is 35.9 Å². The van der Waals surface area contributed by atoms with Crippen LogP contribution in [0, 0.1) is 5.92 Å². The van der Waals surface area contributed by atoms with Crippen LogP contribution in [-0.4, -0.2) is 23.6 Å². The molecule has 0 spiro atoms. The van der Waals surface area contributed by atoms with Crippen LogP contribution in [0.1, 0.15) is 57.4 Å². The molecule has 5 nitrogen and oxygen atoms in total. The lowest BCUT2D eigenvalue weighted by atomic mass is 9.98. The van der Waals surface area contributed by atoms with Crippen molar-refractivity contribution in [2.24, 2.45) is 5.92 Å². The van der Waals surface area contributed by atoms with Gasteiger partial charge in [0.1, 0.15) is 5.92 Å². The van der Waals surface area contributed by atoms with E-state index in [-0.39, 0.29) is 5.91 Å². The van der Waals surface area contributed by atoms with Crippen LogP contribution in [0.25, 0.3) is 0 Å². The maximum absolute atomic E-state index is 12.2. The number of rotatable bonds is 12. The molecule has 1 rings (SSSR count). The fourth-order valence-corrected chi connectivity index (χ4v) is 2.65. The summed E-state index contributed by atoms with van der Waals surface area (Å²) < 4.78 is 0. The Kier molecular flexibility index (Phi) is 10.5. The van der Waals surface area contributed by atoms with Crippen LogP contribution in [0.5, 0.6) is 0 Å². The van der Waals surface area contributed by atoms with Gasteiger partial charge in [-0.05, 0) is 24.8 Å². The van der Waals surface area contributed by atoms with Crippen molar-refractivity contribution >= 4 is 11.8 Å². The molecule has 2 amide bonds. The van der Waals surface area contributed by atoms with Gasteiger partial charge in [-0.3, -0.25) is 14.8 Å². The van der Waals surface area contributed by atoms with E-state index in [0.29, 0.717) is 19.4 Å². The molecule has 0 heterocycles. The van der Waals surface area contributed by atoms with E-state index >= 15 is 0 Å². The average molecular weight is 334 g/mol. The van der Waals surface area contributed by atoms with Crippen molar-refractivity contribution in [3.8, 4) is 0 Å². The lowest BCUT2D eigenvalue weighted by Crippen LogP contribution is -2.41. The number of hydroxylamine groups is 1. The van der Waals surface area contributed by atoms with Crippen molar-refractivity contribution in [1.29, 1.82) is 0 Å². The van der Waals surface area contributed by atoms with E-state index < -0.39 is 11.8 Å². The molecule has 24 heavy (non-hydrogen) atoms. The Morgan fingerprint density at radius 2 is 1.67 bits per heavy atom. The first-order chi connectivity index (χ1) is 11.7. The second-order valence-electron chi connectivity index (χ2n) is 6.11. The topological polar surface area (TPSA) is 78.4 Å². The number of carbonyl (C=O) groups is 2. The molecule has 0 aliphatic heterocycles. The molecule has 1 unspecified atom stereocenters. The Bertz CT molecular complexity index is 477. The molecule has 0 saturated carbocycles. The Hall–Kier alpha value is -1.88. The average Bonchev–Trinajstić information content (AvgIpc) is 2.61. The Balaban J connectivity index is 2.35. The van der Waals surface area contributed by atoms with Gasteiger partial charge in [-0.2, -0.15) is 0 Å². The molecule has 0 fully saturated rings. The number of benzene rings is 1. The molecule has 0 saturated heterocycles. The van der Waals surface area contributed by atoms with E-state index in [9.17, 15) is 9.59 Å². The van der Waals surface area contributed by atoms with Gasteiger partial charge in [0.25, 0.3) is 5.91 Å². The molecule has 5 heteroatoms. The molecule has 0 aliphatic carbocycles. The SMILES string of the molecule is CCCCCCCCNC(=O)C(CCc1ccccc1)C(=O)NO. The third kappa shape index (κ3) is 8.11. The first-order valence-corrected chi connectivity index (χ1v) is 8.94. The lowest BCUT2D eigenvalue weighted by molar-refractivity contribution is -0.140. The minimum Gasteiger partial charge on any atom is -0.355 e. The zero-order valence-corrected chi connectivity index (χ0v) is 14.6. The molecule has 0 aliphatic rings. The Morgan fingerprint density at radius 3 is 2.33 bits per heavy atom. The van der Waals surface area contributed by atoms with Gasteiger partial charge in [0.2, 0.25) is 5.91 Å². The summed E-state index contributed by atoms with van der Waals surface area (Å²) in [5.41, 5.74) is 2.67. The molecule has 1 aromatic rings. The minimum atomic E-state index is -0.865. The van der Waals surface area contributed by atoms with Gasteiger partial charge in [0.05, 0.1) is 0 Å². The fourth-order valence-electron chi connectivity index (χ4n) is 2.65. The number of hydrogen-bond acceptors (Lipinski definition) is 3. The number of unbranched alkanes of at least 4 members (excludes halogenated alkanes) is 5. The minimum absolute atomic E-state index is 0.314. The number of carbonyl (C=O) groups excluding carboxylic acids is 2. The predicted molar refractivity (Wildman–Crippen MR) is 94.6 cm³/mol. The summed E-state index contributed by atoms with van der Waals surface area (Å²) in [4.78, 5) is 24.0. The summed E-state index contributed by atoms with van der Waals surface area (Å²) in [6.07, 6.45) is 7.88. The molecule has 0 aromatic heterocycles. The van der Waals surface area contributed by atoms with E-state index in [1.54, 1.807) is 5.48 Å². The van der Waals surface area contributed by atoms with Crippen LogP contribution in [0.2, 0.25) is 0 Å². The van der Waals surface area contributed by atoms with E-state index in [1.165, 1.54) is 25.7 Å². The molecular weight excluding hydrogens is 304 g/mol. The van der Waals surface area contributed by atoms with Gasteiger partial charge >= 0.3 is 0 Å². The first-order valence-electron chi connectivity index (χ1n) is 8.94. The zero-order valence-electron chi connectivity index (χ0n) is 14.6. The second kappa shape index (κ2) is 12.5. The summed E-state index contributed by atoms with van der Waals surface area (Å²) in [6, 6.07) is 9.70. The summed E-state index contributed by atoms with van der Waals surface area (Å²) in [6.45, 7) is 2.76. The van der Waals surface area contributed by atoms with Gasteiger partial charge < -0.3 is 5.32 Å². The standard InChI is InChI=1S/C19H30N2O3/c1-2-3-4-5-6-10-15-20-18(22)17(19(23)21-24)14-13-16-11-8-7-9-12-16/h7-9,11-12,17,24H,2-6,10,13-15H2,1H3,(H,20,22)(H,21,23). The highest BCUT2D eigenvalue weighted by atomic mass is 16.5. The van der Waals surface area contributed by atoms with E-state index in [2.05, 4.69) is 12.2 Å². The number of amides is 2. The largest absolute Gasteiger partial charge is 0.355 e. The molecule has 3 N–H and O–H groups in total. The fraction of sp³-hybridized carbons (Fsp3) is 0.579. The van der Waals surface area contributed by atoms with Crippen molar-refractivity contribution < 1.29 is 14.8 Å². The molecule has 134 valence electrons. The molecule has 0 radical (unpaired) electrons. The van der Waals surface area contributed by atoms with Crippen LogP contribution in [0.15, 0.2) is 30.3 Å². The van der Waals surface area contributed by atoms with E-state index in [0.717, 1.165) is 18.4 Å². The van der Waals surface area contributed by atoms with Gasteiger partial charge in [-0.25, -0.2) is 5.48 Å². The van der Waals surface area contributed by atoms with Gasteiger partial charge in [0.15, 0.2) is 0 Å². The van der Waals surface area contributed by atoms with Crippen LogP contribution < -0.4 is 10.8 Å². The predicted octanol–water partition coefficient (Wildman–Crippen LogP) is 3.22. The second-order valence-corrected chi connectivity index (χ2v) is 6.11. The number of aryl methyl sites for hydroxylation is 1. The summed E-state index contributed by atoms with van der Waals surface area (Å²) in [5, 5.41) is 11.7. The van der Waals surface area contributed by atoms with Crippen molar-refractivity contribution in [3.63, 3.8) is 0 Å². The molecule has 1 aromatic carbocycles. The Morgan fingerprint density at radius 1 is 1.00 bits per heavy atom. The molecular formula is C19H30N2O3. The molecule has 0 bridgehead atoms. The summed E-state index contributed by atoms with van der Waals surface area (Å²) in [5.74, 6) is -1.83. The van der Waals surface area contributed by atoms with Gasteiger partial charge in [-0.15, -0.1) is 0 Å². The maximum Gasteiger partial charge on any atom is 0.255 e. The van der Waals surface area contributed by atoms with E-state index in [1.807, 2.05) is 30.3 Å². The monoisotopic (exact) mass is 334 g/mol. The highest BCUT2D eigenvalue weighted by Crippen LogP contribution is 2.11. The van der Waals surface area contributed by atoms with Gasteiger partial charge in [0, 0.05) is 6.54 Å². The number of hydrogen-bond donors (Lipinski definition) is 3. The third-order valence-corrected chi connectivity index (χ3v) is 4.14. The van der Waals surface area contributed by atoms with Crippen molar-refractivity contribution in [2.75, 3.05) is 6.54 Å². The number of nitrogens with one attached hydrogen (secondary N) is 2. The van der Waals surface area contributed by atoms with Crippen LogP contribution in [0.3, 0.4) is 0 Å².